The lowest BCUT2D eigenvalue weighted by molar-refractivity contribution is 0.201. The molecule has 0 radical (unpaired) electrons. The maximum atomic E-state index is 6.13. The van der Waals surface area contributed by atoms with Crippen LogP contribution in [0.25, 0.3) is 11.1 Å². The van der Waals surface area contributed by atoms with Crippen molar-refractivity contribution in [1.82, 2.24) is 0 Å². The van der Waals surface area contributed by atoms with Crippen LogP contribution in [-0.2, 0) is 0 Å². The van der Waals surface area contributed by atoms with Crippen LogP contribution in [0.1, 0.15) is 25.7 Å². The highest BCUT2D eigenvalue weighted by molar-refractivity contribution is 5.70. The van der Waals surface area contributed by atoms with Crippen LogP contribution in [0, 0.1) is 0 Å². The minimum absolute atomic E-state index is 0.315. The topological polar surface area (TPSA) is 44.5 Å². The monoisotopic (exact) mass is 283 g/mol. The maximum Gasteiger partial charge on any atom is 0.162 e. The first-order chi connectivity index (χ1) is 10.3. The van der Waals surface area contributed by atoms with Crippen molar-refractivity contribution in [2.24, 2.45) is 0 Å². The third-order valence-electron chi connectivity index (χ3n) is 3.98. The second-order valence-electron chi connectivity index (χ2n) is 5.52. The fourth-order valence-electron chi connectivity index (χ4n) is 2.85. The van der Waals surface area contributed by atoms with Crippen LogP contribution >= 0.6 is 0 Å². The molecular formula is C18H21NO2. The summed E-state index contributed by atoms with van der Waals surface area (Å²) in [4.78, 5) is 0. The van der Waals surface area contributed by atoms with Crippen LogP contribution in [0.4, 0.5) is 5.69 Å². The van der Waals surface area contributed by atoms with Gasteiger partial charge >= 0.3 is 0 Å². The lowest BCUT2D eigenvalue weighted by atomic mass is 10.0. The van der Waals surface area contributed by atoms with Crippen molar-refractivity contribution < 1.29 is 9.47 Å². The Kier molecular flexibility index (Phi) is 4.00. The summed E-state index contributed by atoms with van der Waals surface area (Å²) in [5.74, 6) is 1.61. The highest BCUT2D eigenvalue weighted by Crippen LogP contribution is 2.35. The number of ether oxygens (including phenoxy) is 2. The molecule has 2 aromatic carbocycles. The second kappa shape index (κ2) is 6.08. The fourth-order valence-corrected chi connectivity index (χ4v) is 2.85. The van der Waals surface area contributed by atoms with Gasteiger partial charge in [-0.1, -0.05) is 18.2 Å². The minimum atomic E-state index is 0.315. The van der Waals surface area contributed by atoms with Gasteiger partial charge < -0.3 is 15.2 Å². The predicted octanol–water partition coefficient (Wildman–Crippen LogP) is 4.27. The van der Waals surface area contributed by atoms with Crippen LogP contribution in [0.15, 0.2) is 42.5 Å². The number of nitrogen functional groups attached to an aromatic ring is 1. The van der Waals surface area contributed by atoms with E-state index in [9.17, 15) is 0 Å². The lowest BCUT2D eigenvalue weighted by Gasteiger charge is -2.17. The molecule has 2 N–H and O–H groups in total. The third-order valence-corrected chi connectivity index (χ3v) is 3.98. The molecule has 0 bridgehead atoms. The van der Waals surface area contributed by atoms with E-state index in [0.717, 1.165) is 41.2 Å². The van der Waals surface area contributed by atoms with Crippen molar-refractivity contribution in [3.05, 3.63) is 42.5 Å². The number of nitrogens with two attached hydrogens (primary N) is 1. The van der Waals surface area contributed by atoms with Crippen molar-refractivity contribution in [2.75, 3.05) is 12.8 Å². The van der Waals surface area contributed by atoms with Gasteiger partial charge in [0.05, 0.1) is 13.2 Å². The van der Waals surface area contributed by atoms with E-state index in [-0.39, 0.29) is 0 Å². The standard InChI is InChI=1S/C18H21NO2/c1-20-17-10-9-14(13-5-4-6-15(19)11-13)12-18(17)21-16-7-2-3-8-16/h4-6,9-12,16H,2-3,7-8,19H2,1H3. The zero-order chi connectivity index (χ0) is 14.7. The van der Waals surface area contributed by atoms with E-state index < -0.39 is 0 Å². The van der Waals surface area contributed by atoms with E-state index in [2.05, 4.69) is 6.07 Å². The summed E-state index contributed by atoms with van der Waals surface area (Å²) < 4.78 is 11.6. The smallest absolute Gasteiger partial charge is 0.162 e. The third kappa shape index (κ3) is 3.13. The van der Waals surface area contributed by atoms with Crippen LogP contribution in [0.5, 0.6) is 11.5 Å². The molecule has 3 rings (SSSR count). The number of benzene rings is 2. The quantitative estimate of drug-likeness (QED) is 0.852. The molecule has 1 saturated carbocycles. The molecule has 0 amide bonds. The molecule has 0 aliphatic heterocycles. The van der Waals surface area contributed by atoms with Gasteiger partial charge in [0.2, 0.25) is 0 Å². The van der Waals surface area contributed by atoms with E-state index >= 15 is 0 Å². The Morgan fingerprint density at radius 1 is 0.952 bits per heavy atom. The number of rotatable bonds is 4. The van der Waals surface area contributed by atoms with Crippen LogP contribution in [0.2, 0.25) is 0 Å². The van der Waals surface area contributed by atoms with Gasteiger partial charge in [-0.3, -0.25) is 0 Å². The summed E-state index contributed by atoms with van der Waals surface area (Å²) in [5, 5.41) is 0. The molecule has 110 valence electrons. The molecule has 21 heavy (non-hydrogen) atoms. The van der Waals surface area contributed by atoms with Crippen molar-refractivity contribution in [1.29, 1.82) is 0 Å². The molecule has 0 heterocycles. The van der Waals surface area contributed by atoms with E-state index in [1.807, 2.05) is 36.4 Å². The summed E-state index contributed by atoms with van der Waals surface area (Å²) >= 11 is 0. The first-order valence-corrected chi connectivity index (χ1v) is 7.47. The zero-order valence-corrected chi connectivity index (χ0v) is 12.3. The molecule has 3 nitrogen and oxygen atoms in total. The van der Waals surface area contributed by atoms with Gasteiger partial charge in [-0.15, -0.1) is 0 Å². The van der Waals surface area contributed by atoms with Gasteiger partial charge in [0.1, 0.15) is 0 Å². The average Bonchev–Trinajstić information content (AvgIpc) is 3.00. The molecule has 1 fully saturated rings. The Hall–Kier alpha value is -2.16. The summed E-state index contributed by atoms with van der Waals surface area (Å²) in [6.07, 6.45) is 5.08. The Labute approximate surface area is 125 Å². The van der Waals surface area contributed by atoms with E-state index in [0.29, 0.717) is 6.10 Å². The molecule has 0 saturated heterocycles. The maximum absolute atomic E-state index is 6.13. The minimum Gasteiger partial charge on any atom is -0.493 e. The van der Waals surface area contributed by atoms with Gasteiger partial charge in [0.25, 0.3) is 0 Å². The zero-order valence-electron chi connectivity index (χ0n) is 12.3. The van der Waals surface area contributed by atoms with Crippen LogP contribution in [-0.4, -0.2) is 13.2 Å². The molecule has 0 spiro atoms. The normalized spacial score (nSPS) is 15.1. The van der Waals surface area contributed by atoms with E-state index in [1.54, 1.807) is 7.11 Å². The summed E-state index contributed by atoms with van der Waals surface area (Å²) in [6.45, 7) is 0. The highest BCUT2D eigenvalue weighted by atomic mass is 16.5. The SMILES string of the molecule is COc1ccc(-c2cccc(N)c2)cc1OC1CCCC1. The Morgan fingerprint density at radius 2 is 1.71 bits per heavy atom. The lowest BCUT2D eigenvalue weighted by Crippen LogP contribution is -2.11. The molecule has 2 aromatic rings. The van der Waals surface area contributed by atoms with Crippen LogP contribution < -0.4 is 15.2 Å². The number of hydrogen-bond acceptors (Lipinski definition) is 3. The molecule has 0 unspecified atom stereocenters. The largest absolute Gasteiger partial charge is 0.493 e. The molecular weight excluding hydrogens is 262 g/mol. The van der Waals surface area contributed by atoms with Gasteiger partial charge in [0, 0.05) is 5.69 Å². The predicted molar refractivity (Wildman–Crippen MR) is 85.7 cm³/mol. The van der Waals surface area contributed by atoms with Gasteiger partial charge in [0.15, 0.2) is 11.5 Å². The van der Waals surface area contributed by atoms with E-state index in [1.165, 1.54) is 12.8 Å². The number of hydrogen-bond donors (Lipinski definition) is 1. The van der Waals surface area contributed by atoms with Gasteiger partial charge in [-0.05, 0) is 61.1 Å². The molecule has 0 aromatic heterocycles. The summed E-state index contributed by atoms with van der Waals surface area (Å²) in [7, 11) is 1.68. The van der Waals surface area contributed by atoms with Gasteiger partial charge in [-0.2, -0.15) is 0 Å². The average molecular weight is 283 g/mol. The second-order valence-corrected chi connectivity index (χ2v) is 5.52. The fraction of sp³-hybridized carbons (Fsp3) is 0.333. The van der Waals surface area contributed by atoms with Crippen molar-refractivity contribution in [3.63, 3.8) is 0 Å². The Bertz CT molecular complexity index is 618. The number of methoxy groups -OCH3 is 1. The molecule has 1 aliphatic carbocycles. The Morgan fingerprint density at radius 3 is 2.43 bits per heavy atom. The molecule has 1 aliphatic rings. The summed E-state index contributed by atoms with van der Waals surface area (Å²) in [6, 6.07) is 13.9. The first kappa shape index (κ1) is 13.8. The first-order valence-electron chi connectivity index (χ1n) is 7.47. The molecule has 0 atom stereocenters. The summed E-state index contributed by atoms with van der Waals surface area (Å²) in [5.41, 5.74) is 8.82. The van der Waals surface area contributed by atoms with Crippen molar-refractivity contribution >= 4 is 5.69 Å². The Balaban J connectivity index is 1.92. The highest BCUT2D eigenvalue weighted by Gasteiger charge is 2.18. The molecule has 3 heteroatoms. The van der Waals surface area contributed by atoms with Crippen LogP contribution in [0.3, 0.4) is 0 Å². The van der Waals surface area contributed by atoms with Gasteiger partial charge in [-0.25, -0.2) is 0 Å². The number of anilines is 1. The van der Waals surface area contributed by atoms with Crippen molar-refractivity contribution in [2.45, 2.75) is 31.8 Å². The van der Waals surface area contributed by atoms with Crippen molar-refractivity contribution in [3.8, 4) is 22.6 Å². The van der Waals surface area contributed by atoms with E-state index in [4.69, 9.17) is 15.2 Å².